The number of allylic oxidation sites excluding steroid dienone is 1. The highest BCUT2D eigenvalue weighted by molar-refractivity contribution is 7.99. The zero-order chi connectivity index (χ0) is 22.2. The van der Waals surface area contributed by atoms with Gasteiger partial charge < -0.3 is 19.3 Å². The second-order valence-corrected chi connectivity index (χ2v) is 10.2. The van der Waals surface area contributed by atoms with Crippen molar-refractivity contribution in [2.45, 2.75) is 49.5 Å². The molecule has 0 aliphatic carbocycles. The van der Waals surface area contributed by atoms with Gasteiger partial charge in [-0.1, -0.05) is 17.7 Å². The summed E-state index contributed by atoms with van der Waals surface area (Å²) in [5.41, 5.74) is 3.95. The number of aromatic nitrogens is 2. The molecule has 0 radical (unpaired) electrons. The third kappa shape index (κ3) is 4.19. The lowest BCUT2D eigenvalue weighted by molar-refractivity contribution is 0.0515. The third-order valence-electron chi connectivity index (χ3n) is 6.79. The molecule has 3 aliphatic rings. The molecule has 32 heavy (non-hydrogen) atoms. The minimum Gasteiger partial charge on any atom is -0.467 e. The molecule has 6 nitrogen and oxygen atoms in total. The maximum absolute atomic E-state index is 10.2. The number of thioether (sulfide) groups is 1. The van der Waals surface area contributed by atoms with Gasteiger partial charge in [-0.15, -0.1) is 22.0 Å². The predicted molar refractivity (Wildman–Crippen MR) is 129 cm³/mol. The fourth-order valence-corrected chi connectivity index (χ4v) is 6.62. The van der Waals surface area contributed by atoms with E-state index in [9.17, 15) is 5.02 Å². The molecule has 5 rings (SSSR count). The van der Waals surface area contributed by atoms with Crippen molar-refractivity contribution in [3.05, 3.63) is 41.1 Å². The minimum absolute atomic E-state index is 0.140. The smallest absolute Gasteiger partial charge is 0.376 e. The molecule has 1 N–H and O–H groups in total. The van der Waals surface area contributed by atoms with Gasteiger partial charge in [-0.2, -0.15) is 0 Å². The van der Waals surface area contributed by atoms with Crippen LogP contribution in [0.15, 0.2) is 35.2 Å². The number of piperidine rings is 1. The Hall–Kier alpha value is -1.58. The van der Waals surface area contributed by atoms with Crippen molar-refractivity contribution in [3.8, 4) is 17.0 Å². The van der Waals surface area contributed by atoms with Crippen LogP contribution in [0, 0.1) is 5.92 Å². The van der Waals surface area contributed by atoms with Crippen LogP contribution in [-0.2, 0) is 4.74 Å². The number of hydrogen-bond acceptors (Lipinski definition) is 7. The fraction of sp³-hybridized carbons (Fsp3) is 0.478. The van der Waals surface area contributed by atoms with Crippen molar-refractivity contribution in [2.24, 2.45) is 5.92 Å². The molecule has 0 amide bonds. The number of ether oxygens (including phenoxy) is 2. The number of nitrogens with zero attached hydrogens (tertiary/aromatic N) is 3. The monoisotopic (exact) mass is 471 g/mol. The zero-order valence-corrected chi connectivity index (χ0v) is 19.9. The van der Waals surface area contributed by atoms with Crippen LogP contribution in [0.2, 0.25) is 11.8 Å². The molecule has 1 aromatic heterocycles. The second-order valence-electron chi connectivity index (χ2n) is 8.74. The van der Waals surface area contributed by atoms with Crippen LogP contribution >= 0.6 is 23.4 Å². The van der Waals surface area contributed by atoms with E-state index in [1.54, 1.807) is 24.9 Å². The summed E-state index contributed by atoms with van der Waals surface area (Å²) < 4.78 is 10.8. The van der Waals surface area contributed by atoms with Gasteiger partial charge in [-0.05, 0) is 68.3 Å². The van der Waals surface area contributed by atoms with Gasteiger partial charge >= 0.3 is 7.05 Å². The Morgan fingerprint density at radius 1 is 1.22 bits per heavy atom. The Kier molecular flexibility index (Phi) is 6.50. The van der Waals surface area contributed by atoms with Crippen LogP contribution in [-0.4, -0.2) is 58.8 Å². The summed E-state index contributed by atoms with van der Waals surface area (Å²) in [5, 5.41) is 20.1. The molecule has 1 aromatic carbocycles. The Labute approximate surface area is 198 Å². The molecule has 168 valence electrons. The van der Waals surface area contributed by atoms with Crippen molar-refractivity contribution in [2.75, 3.05) is 19.7 Å². The lowest BCUT2D eigenvalue weighted by Crippen LogP contribution is -2.50. The Morgan fingerprint density at radius 3 is 2.72 bits per heavy atom. The van der Waals surface area contributed by atoms with E-state index < -0.39 is 0 Å². The molecule has 4 heterocycles. The van der Waals surface area contributed by atoms with Crippen LogP contribution in [0.1, 0.15) is 31.4 Å². The van der Waals surface area contributed by atoms with Crippen LogP contribution < -0.4 is 4.74 Å². The summed E-state index contributed by atoms with van der Waals surface area (Å²) in [5.74, 6) is 2.04. The van der Waals surface area contributed by atoms with Crippen LogP contribution in [0.25, 0.3) is 16.8 Å². The molecule has 2 aromatic rings. The highest BCUT2D eigenvalue weighted by Crippen LogP contribution is 2.47. The highest BCUT2D eigenvalue weighted by Gasteiger charge is 2.45. The van der Waals surface area contributed by atoms with Gasteiger partial charge in [-0.3, -0.25) is 0 Å². The van der Waals surface area contributed by atoms with Gasteiger partial charge in [0.2, 0.25) is 0 Å². The van der Waals surface area contributed by atoms with E-state index in [1.165, 1.54) is 18.4 Å². The fourth-order valence-electron chi connectivity index (χ4n) is 5.52. The van der Waals surface area contributed by atoms with Crippen LogP contribution in [0.4, 0.5) is 0 Å². The van der Waals surface area contributed by atoms with Crippen LogP contribution in [0.5, 0.6) is 5.75 Å². The molecule has 2 unspecified atom stereocenters. The van der Waals surface area contributed by atoms with Gasteiger partial charge in [0.1, 0.15) is 11.4 Å². The topological polar surface area (TPSA) is 67.7 Å². The van der Waals surface area contributed by atoms with Crippen molar-refractivity contribution in [1.82, 2.24) is 15.0 Å². The summed E-state index contributed by atoms with van der Waals surface area (Å²) in [6, 6.07) is 8.56. The highest BCUT2D eigenvalue weighted by atomic mass is 35.5. The zero-order valence-electron chi connectivity index (χ0n) is 18.3. The summed E-state index contributed by atoms with van der Waals surface area (Å²) in [6.07, 6.45) is 6.83. The van der Waals surface area contributed by atoms with Gasteiger partial charge in [0.05, 0.1) is 5.69 Å². The van der Waals surface area contributed by atoms with E-state index in [2.05, 4.69) is 22.1 Å². The summed E-state index contributed by atoms with van der Waals surface area (Å²) in [6.45, 7) is 2.03. The number of benzene rings is 1. The predicted octanol–water partition coefficient (Wildman–Crippen LogP) is 4.62. The quantitative estimate of drug-likeness (QED) is 0.487. The SMILES string of the molecule is COCOc1cc(Cl)ccc1-c1cc2c(nn1)C(C1CC3CCC(C1)N3B(C)O)=CCS2. The first kappa shape index (κ1) is 22.2. The largest absolute Gasteiger partial charge is 0.467 e. The van der Waals surface area contributed by atoms with Gasteiger partial charge in [-0.25, -0.2) is 0 Å². The number of rotatable bonds is 6. The van der Waals surface area contributed by atoms with E-state index >= 15 is 0 Å². The van der Waals surface area contributed by atoms with Gasteiger partial charge in [0, 0.05) is 40.4 Å². The van der Waals surface area contributed by atoms with Crippen LogP contribution in [0.3, 0.4) is 0 Å². The average molecular weight is 472 g/mol. The standard InChI is InChI=1S/C23H27BClN3O3S/c1-24(29)28-16-4-5-17(28)10-14(9-16)18-7-8-32-22-12-20(26-27-23(18)22)19-6-3-15(25)11-21(19)31-13-30-2/h3,6-7,11-12,14,16-17,29H,4-5,8-10,13H2,1-2H3. The van der Waals surface area contributed by atoms with E-state index in [1.807, 2.05) is 19.0 Å². The Bertz CT molecular complexity index is 1020. The normalized spacial score (nSPS) is 24.8. The lowest BCUT2D eigenvalue weighted by Gasteiger charge is -2.41. The molecular formula is C23H27BClN3O3S. The summed E-state index contributed by atoms with van der Waals surface area (Å²) in [4.78, 5) is 3.47. The van der Waals surface area contributed by atoms with Crippen molar-refractivity contribution in [1.29, 1.82) is 0 Å². The molecule has 9 heteroatoms. The first-order valence-corrected chi connectivity index (χ1v) is 12.5. The molecular weight excluding hydrogens is 445 g/mol. The van der Waals surface area contributed by atoms with Crippen molar-refractivity contribution >= 4 is 36.0 Å². The molecule has 2 saturated heterocycles. The van der Waals surface area contributed by atoms with E-state index in [4.69, 9.17) is 26.2 Å². The van der Waals surface area contributed by atoms with Gasteiger partial charge in [0.15, 0.2) is 6.79 Å². The number of halogens is 1. The number of methoxy groups -OCH3 is 1. The first-order chi connectivity index (χ1) is 15.5. The maximum atomic E-state index is 10.2. The van der Waals surface area contributed by atoms with Gasteiger partial charge in [0.25, 0.3) is 0 Å². The Balaban J connectivity index is 1.42. The summed E-state index contributed by atoms with van der Waals surface area (Å²) >= 11 is 7.97. The van der Waals surface area contributed by atoms with Crippen molar-refractivity contribution < 1.29 is 14.5 Å². The van der Waals surface area contributed by atoms with E-state index in [0.717, 1.165) is 40.4 Å². The molecule has 0 spiro atoms. The van der Waals surface area contributed by atoms with Crippen molar-refractivity contribution in [3.63, 3.8) is 0 Å². The minimum atomic E-state index is -0.368. The lowest BCUT2D eigenvalue weighted by atomic mass is 9.75. The van der Waals surface area contributed by atoms with E-state index in [-0.39, 0.29) is 13.8 Å². The maximum Gasteiger partial charge on any atom is 0.376 e. The number of hydrogen-bond donors (Lipinski definition) is 1. The Morgan fingerprint density at radius 2 is 2.00 bits per heavy atom. The summed E-state index contributed by atoms with van der Waals surface area (Å²) in [7, 11) is 1.22. The average Bonchev–Trinajstić information content (AvgIpc) is 3.07. The molecule has 0 saturated carbocycles. The molecule has 3 aliphatic heterocycles. The first-order valence-electron chi connectivity index (χ1n) is 11.1. The molecule has 2 fully saturated rings. The number of fused-ring (bicyclic) bond motifs is 3. The third-order valence-corrected chi connectivity index (χ3v) is 7.98. The second kappa shape index (κ2) is 9.35. The molecule has 2 atom stereocenters. The van der Waals surface area contributed by atoms with E-state index in [0.29, 0.717) is 28.8 Å². The molecule has 2 bridgehead atoms.